The second kappa shape index (κ2) is 5.27. The third-order valence-electron chi connectivity index (χ3n) is 1.94. The van der Waals surface area contributed by atoms with Gasteiger partial charge in [0.15, 0.2) is 10.3 Å². The average molecular weight is 309 g/mol. The van der Waals surface area contributed by atoms with Crippen molar-refractivity contribution in [2.24, 2.45) is 0 Å². The molecule has 0 saturated heterocycles. The van der Waals surface area contributed by atoms with Crippen LogP contribution in [0.15, 0.2) is 24.3 Å². The number of hydrogen-bond donors (Lipinski definition) is 1. The molecule has 0 unspecified atom stereocenters. The smallest absolute Gasteiger partial charge is 0.175 e. The second-order valence-corrected chi connectivity index (χ2v) is 4.63. The van der Waals surface area contributed by atoms with Crippen molar-refractivity contribution in [1.82, 2.24) is 10.2 Å². The minimum atomic E-state index is 0.199. The van der Waals surface area contributed by atoms with E-state index < -0.39 is 0 Å². The fraction of sp³-hybridized carbons (Fsp3) is 0. The monoisotopic (exact) mass is 307 g/mol. The van der Waals surface area contributed by atoms with E-state index >= 15 is 0 Å². The van der Waals surface area contributed by atoms with Gasteiger partial charge in [-0.05, 0) is 12.1 Å². The van der Waals surface area contributed by atoms with E-state index in [1.807, 2.05) is 0 Å². The van der Waals surface area contributed by atoms with Gasteiger partial charge in [0, 0.05) is 6.07 Å². The summed E-state index contributed by atoms with van der Waals surface area (Å²) >= 11 is 23.5. The number of hydrogen-bond acceptors (Lipinski definition) is 3. The Hall–Kier alpha value is -0.740. The van der Waals surface area contributed by atoms with E-state index in [1.54, 1.807) is 24.3 Å². The highest BCUT2D eigenvalue weighted by Gasteiger charge is 2.08. The van der Waals surface area contributed by atoms with Crippen LogP contribution in [0.25, 0.3) is 0 Å². The number of aromatic nitrogens is 2. The zero-order valence-corrected chi connectivity index (χ0v) is 11.2. The number of nitrogens with zero attached hydrogens (tertiary/aromatic N) is 2. The van der Waals surface area contributed by atoms with Gasteiger partial charge in [-0.1, -0.05) is 52.5 Å². The van der Waals surface area contributed by atoms with Crippen LogP contribution in [0, 0.1) is 0 Å². The van der Waals surface area contributed by atoms with Crippen LogP contribution in [-0.2, 0) is 0 Å². The molecule has 3 nitrogen and oxygen atoms in total. The van der Waals surface area contributed by atoms with E-state index in [0.717, 1.165) is 0 Å². The quantitative estimate of drug-likeness (QED) is 0.863. The van der Waals surface area contributed by atoms with E-state index in [0.29, 0.717) is 21.4 Å². The first-order valence-electron chi connectivity index (χ1n) is 4.47. The van der Waals surface area contributed by atoms with Gasteiger partial charge in [-0.2, -0.15) is 0 Å². The highest BCUT2D eigenvalue weighted by atomic mass is 35.5. The minimum absolute atomic E-state index is 0.199. The molecule has 1 aromatic carbocycles. The highest BCUT2D eigenvalue weighted by Crippen LogP contribution is 2.33. The molecular formula is C10H5Cl4N3. The van der Waals surface area contributed by atoms with Gasteiger partial charge in [0.25, 0.3) is 0 Å². The molecule has 1 N–H and O–H groups in total. The van der Waals surface area contributed by atoms with Crippen LogP contribution in [-0.4, -0.2) is 10.2 Å². The number of nitrogens with one attached hydrogen (secondary N) is 1. The summed E-state index contributed by atoms with van der Waals surface area (Å²) in [4.78, 5) is 0. The van der Waals surface area contributed by atoms with Crippen LogP contribution < -0.4 is 5.32 Å². The number of benzene rings is 1. The molecule has 0 aliphatic heterocycles. The van der Waals surface area contributed by atoms with E-state index in [1.165, 1.54) is 0 Å². The van der Waals surface area contributed by atoms with E-state index in [9.17, 15) is 0 Å². The molecule has 1 heterocycles. The predicted octanol–water partition coefficient (Wildman–Crippen LogP) is 4.83. The van der Waals surface area contributed by atoms with Gasteiger partial charge >= 0.3 is 0 Å². The van der Waals surface area contributed by atoms with Gasteiger partial charge in [0.05, 0.1) is 21.4 Å². The lowest BCUT2D eigenvalue weighted by molar-refractivity contribution is 1.03. The average Bonchev–Trinajstić information content (AvgIpc) is 2.30. The van der Waals surface area contributed by atoms with E-state index in [-0.39, 0.29) is 10.3 Å². The summed E-state index contributed by atoms with van der Waals surface area (Å²) in [5.41, 5.74) is 1.13. The molecule has 0 bridgehead atoms. The molecule has 0 spiro atoms. The molecule has 7 heteroatoms. The van der Waals surface area contributed by atoms with Gasteiger partial charge in [0.1, 0.15) is 0 Å². The maximum Gasteiger partial charge on any atom is 0.175 e. The molecule has 2 aromatic rings. The molecule has 0 amide bonds. The van der Waals surface area contributed by atoms with Crippen LogP contribution >= 0.6 is 46.4 Å². The Morgan fingerprint density at radius 2 is 1.71 bits per heavy atom. The summed E-state index contributed by atoms with van der Waals surface area (Å²) in [6.07, 6.45) is 0. The molecule has 1 aromatic heterocycles. The normalized spacial score (nSPS) is 10.4. The molecule has 0 aliphatic carbocycles. The maximum absolute atomic E-state index is 6.03. The van der Waals surface area contributed by atoms with Crippen LogP contribution in [0.4, 0.5) is 11.4 Å². The van der Waals surface area contributed by atoms with Crippen LogP contribution in [0.2, 0.25) is 20.4 Å². The first kappa shape index (κ1) is 12.7. The zero-order chi connectivity index (χ0) is 12.4. The van der Waals surface area contributed by atoms with Gasteiger partial charge in [0.2, 0.25) is 0 Å². The SMILES string of the molecule is Clc1cc(Nc2cccc(Cl)c2Cl)c(Cl)nn1. The van der Waals surface area contributed by atoms with Gasteiger partial charge < -0.3 is 5.32 Å². The first-order chi connectivity index (χ1) is 8.08. The topological polar surface area (TPSA) is 37.8 Å². The van der Waals surface area contributed by atoms with E-state index in [2.05, 4.69) is 15.5 Å². The Labute approximate surface area is 118 Å². The Morgan fingerprint density at radius 1 is 0.941 bits per heavy atom. The number of anilines is 2. The summed E-state index contributed by atoms with van der Waals surface area (Å²) in [5, 5.41) is 11.5. The molecular weight excluding hydrogens is 304 g/mol. The molecule has 88 valence electrons. The highest BCUT2D eigenvalue weighted by molar-refractivity contribution is 6.43. The lowest BCUT2D eigenvalue weighted by Crippen LogP contribution is -1.95. The zero-order valence-electron chi connectivity index (χ0n) is 8.22. The van der Waals surface area contributed by atoms with Crippen LogP contribution in [0.5, 0.6) is 0 Å². The molecule has 17 heavy (non-hydrogen) atoms. The Bertz CT molecular complexity index is 559. The summed E-state index contributed by atoms with van der Waals surface area (Å²) < 4.78 is 0. The molecule has 0 saturated carbocycles. The van der Waals surface area contributed by atoms with E-state index in [4.69, 9.17) is 46.4 Å². The summed E-state index contributed by atoms with van der Waals surface area (Å²) in [5.74, 6) is 0. The number of halogens is 4. The van der Waals surface area contributed by atoms with Gasteiger partial charge in [-0.15, -0.1) is 10.2 Å². The third-order valence-corrected chi connectivity index (χ3v) is 3.22. The van der Waals surface area contributed by atoms with Crippen molar-refractivity contribution in [2.75, 3.05) is 5.32 Å². The molecule has 2 rings (SSSR count). The first-order valence-corrected chi connectivity index (χ1v) is 5.99. The lowest BCUT2D eigenvalue weighted by atomic mass is 10.3. The number of rotatable bonds is 2. The summed E-state index contributed by atoms with van der Waals surface area (Å²) in [6.45, 7) is 0. The van der Waals surface area contributed by atoms with Crippen molar-refractivity contribution in [2.45, 2.75) is 0 Å². The van der Waals surface area contributed by atoms with Gasteiger partial charge in [-0.25, -0.2) is 0 Å². The summed E-state index contributed by atoms with van der Waals surface area (Å²) in [7, 11) is 0. The van der Waals surface area contributed by atoms with Crippen molar-refractivity contribution in [1.29, 1.82) is 0 Å². The summed E-state index contributed by atoms with van der Waals surface area (Å²) in [6, 6.07) is 6.77. The molecule has 0 aliphatic rings. The molecule has 0 fully saturated rings. The maximum atomic E-state index is 6.03. The van der Waals surface area contributed by atoms with Crippen molar-refractivity contribution in [3.05, 3.63) is 44.6 Å². The van der Waals surface area contributed by atoms with Crippen molar-refractivity contribution in [3.63, 3.8) is 0 Å². The largest absolute Gasteiger partial charge is 0.352 e. The Kier molecular flexibility index (Phi) is 3.94. The fourth-order valence-corrected chi connectivity index (χ4v) is 1.82. The minimum Gasteiger partial charge on any atom is -0.352 e. The van der Waals surface area contributed by atoms with Crippen molar-refractivity contribution >= 4 is 57.8 Å². The van der Waals surface area contributed by atoms with Crippen LogP contribution in [0.3, 0.4) is 0 Å². The standard InChI is InChI=1S/C10H5Cl4N3/c11-5-2-1-3-6(9(5)13)15-7-4-8(12)16-17-10(7)14/h1-4H,(H,15,16). The Balaban J connectivity index is 2.38. The second-order valence-electron chi connectivity index (χ2n) is 3.10. The Morgan fingerprint density at radius 3 is 2.47 bits per heavy atom. The van der Waals surface area contributed by atoms with Gasteiger partial charge in [-0.3, -0.25) is 0 Å². The van der Waals surface area contributed by atoms with Crippen LogP contribution in [0.1, 0.15) is 0 Å². The van der Waals surface area contributed by atoms with Crippen molar-refractivity contribution in [3.8, 4) is 0 Å². The van der Waals surface area contributed by atoms with Crippen molar-refractivity contribution < 1.29 is 0 Å². The third kappa shape index (κ3) is 2.93. The fourth-order valence-electron chi connectivity index (χ4n) is 1.19. The molecule has 0 radical (unpaired) electrons. The molecule has 0 atom stereocenters. The lowest BCUT2D eigenvalue weighted by Gasteiger charge is -2.09. The predicted molar refractivity (Wildman–Crippen MR) is 71.8 cm³/mol.